The Labute approximate surface area is 108 Å². The molecule has 5 heteroatoms. The Morgan fingerprint density at radius 1 is 1.41 bits per heavy atom. The van der Waals surface area contributed by atoms with Crippen LogP contribution in [-0.4, -0.2) is 24.3 Å². The number of benzene rings is 1. The Morgan fingerprint density at radius 2 is 2.12 bits per heavy atom. The lowest BCUT2D eigenvalue weighted by Crippen LogP contribution is -2.18. The average molecular weight is 301 g/mol. The summed E-state index contributed by atoms with van der Waals surface area (Å²) in [5.74, 6) is 0.532. The third-order valence-corrected chi connectivity index (χ3v) is 3.38. The summed E-state index contributed by atoms with van der Waals surface area (Å²) in [6.45, 7) is 3.01. The molecule has 1 N–H and O–H groups in total. The molecule has 0 aromatic heterocycles. The fraction of sp³-hybridized carbons (Fsp3) is 0.417. The molecule has 0 bridgehead atoms. The molecule has 1 aromatic rings. The van der Waals surface area contributed by atoms with Gasteiger partial charge in [-0.3, -0.25) is 4.79 Å². The summed E-state index contributed by atoms with van der Waals surface area (Å²) in [4.78, 5) is 10.9. The molecule has 0 aliphatic carbocycles. The van der Waals surface area contributed by atoms with Gasteiger partial charge >= 0.3 is 5.97 Å². The second-order valence-corrected chi connectivity index (χ2v) is 4.62. The Kier molecular flexibility index (Phi) is 3.57. The number of halogens is 1. The highest BCUT2D eigenvalue weighted by molar-refractivity contribution is 9.10. The molecule has 0 saturated heterocycles. The van der Waals surface area contributed by atoms with E-state index >= 15 is 0 Å². The molecule has 0 radical (unpaired) electrons. The Morgan fingerprint density at radius 3 is 2.76 bits per heavy atom. The van der Waals surface area contributed by atoms with Gasteiger partial charge in [0, 0.05) is 10.0 Å². The minimum absolute atomic E-state index is 0.0135. The molecule has 0 saturated carbocycles. The number of carboxylic acids is 1. The first-order valence-corrected chi connectivity index (χ1v) is 6.24. The standard InChI is InChI=1S/C12H13BrO4/c1-2-7-8(5-11(14)15)9(13)6-10-12(7)17-4-3-16-10/h6H,2-5H2,1H3,(H,14,15). The molecule has 17 heavy (non-hydrogen) atoms. The van der Waals surface area contributed by atoms with Gasteiger partial charge in [-0.25, -0.2) is 0 Å². The highest BCUT2D eigenvalue weighted by atomic mass is 79.9. The van der Waals surface area contributed by atoms with E-state index in [1.54, 1.807) is 6.07 Å². The van der Waals surface area contributed by atoms with Gasteiger partial charge in [0.05, 0.1) is 6.42 Å². The largest absolute Gasteiger partial charge is 0.486 e. The van der Waals surface area contributed by atoms with Crippen LogP contribution in [0.3, 0.4) is 0 Å². The van der Waals surface area contributed by atoms with Crippen molar-refractivity contribution in [3.05, 3.63) is 21.7 Å². The lowest BCUT2D eigenvalue weighted by molar-refractivity contribution is -0.136. The van der Waals surface area contributed by atoms with Gasteiger partial charge in [0.25, 0.3) is 0 Å². The Bertz CT molecular complexity index is 456. The van der Waals surface area contributed by atoms with Crippen LogP contribution in [0.1, 0.15) is 18.1 Å². The smallest absolute Gasteiger partial charge is 0.307 e. The van der Waals surface area contributed by atoms with Crippen LogP contribution in [-0.2, 0) is 17.6 Å². The molecule has 0 amide bonds. The Balaban J connectivity index is 2.54. The van der Waals surface area contributed by atoms with Gasteiger partial charge in [-0.1, -0.05) is 22.9 Å². The molecule has 1 aromatic carbocycles. The number of aliphatic carboxylic acids is 1. The summed E-state index contributed by atoms with van der Waals surface area (Å²) in [5.41, 5.74) is 1.68. The second kappa shape index (κ2) is 4.96. The van der Waals surface area contributed by atoms with Crippen molar-refractivity contribution in [1.29, 1.82) is 0 Å². The number of carbonyl (C=O) groups is 1. The van der Waals surface area contributed by atoms with Crippen molar-refractivity contribution in [3.8, 4) is 11.5 Å². The third-order valence-electron chi connectivity index (χ3n) is 2.68. The van der Waals surface area contributed by atoms with Crippen molar-refractivity contribution in [2.24, 2.45) is 0 Å². The third kappa shape index (κ3) is 2.39. The molecule has 1 heterocycles. The van der Waals surface area contributed by atoms with E-state index in [1.165, 1.54) is 0 Å². The summed E-state index contributed by atoms with van der Waals surface area (Å²) in [6.07, 6.45) is 0.703. The van der Waals surface area contributed by atoms with Gasteiger partial charge in [-0.15, -0.1) is 0 Å². The number of fused-ring (bicyclic) bond motifs is 1. The maximum atomic E-state index is 10.9. The van der Waals surface area contributed by atoms with Crippen LogP contribution in [0.5, 0.6) is 11.5 Å². The maximum absolute atomic E-state index is 10.9. The molecular formula is C12H13BrO4. The fourth-order valence-electron chi connectivity index (χ4n) is 1.97. The summed E-state index contributed by atoms with van der Waals surface area (Å²) in [6, 6.07) is 1.78. The summed E-state index contributed by atoms with van der Waals surface area (Å²) in [7, 11) is 0. The van der Waals surface area contributed by atoms with Crippen molar-refractivity contribution < 1.29 is 19.4 Å². The van der Waals surface area contributed by atoms with Crippen molar-refractivity contribution in [2.75, 3.05) is 13.2 Å². The van der Waals surface area contributed by atoms with Crippen molar-refractivity contribution in [2.45, 2.75) is 19.8 Å². The van der Waals surface area contributed by atoms with E-state index in [-0.39, 0.29) is 6.42 Å². The second-order valence-electron chi connectivity index (χ2n) is 3.76. The van der Waals surface area contributed by atoms with E-state index in [1.807, 2.05) is 6.92 Å². The van der Waals surface area contributed by atoms with Crippen molar-refractivity contribution in [1.82, 2.24) is 0 Å². The minimum Gasteiger partial charge on any atom is -0.486 e. The number of hydrogen-bond acceptors (Lipinski definition) is 3. The number of carboxylic acid groups (broad SMARTS) is 1. The van der Waals surface area contributed by atoms with Gasteiger partial charge in [-0.2, -0.15) is 0 Å². The average Bonchev–Trinajstić information content (AvgIpc) is 2.29. The van der Waals surface area contributed by atoms with Gasteiger partial charge in [0.1, 0.15) is 13.2 Å². The molecule has 1 aliphatic heterocycles. The van der Waals surface area contributed by atoms with E-state index in [0.29, 0.717) is 31.1 Å². The molecule has 92 valence electrons. The lowest BCUT2D eigenvalue weighted by atomic mass is 10.0. The van der Waals surface area contributed by atoms with Crippen LogP contribution in [0, 0.1) is 0 Å². The highest BCUT2D eigenvalue weighted by Crippen LogP contribution is 2.40. The van der Waals surface area contributed by atoms with Crippen molar-refractivity contribution >= 4 is 21.9 Å². The molecule has 0 unspecified atom stereocenters. The van der Waals surface area contributed by atoms with Crippen LogP contribution in [0.25, 0.3) is 0 Å². The van der Waals surface area contributed by atoms with Gasteiger partial charge in [0.15, 0.2) is 11.5 Å². The first-order valence-electron chi connectivity index (χ1n) is 5.45. The predicted octanol–water partition coefficient (Wildman–Crippen LogP) is 2.41. The fourth-order valence-corrected chi connectivity index (χ4v) is 2.56. The van der Waals surface area contributed by atoms with Gasteiger partial charge in [0.2, 0.25) is 0 Å². The molecule has 0 spiro atoms. The van der Waals surface area contributed by atoms with Crippen molar-refractivity contribution in [3.63, 3.8) is 0 Å². The summed E-state index contributed by atoms with van der Waals surface area (Å²) >= 11 is 3.40. The van der Waals surface area contributed by atoms with Crippen LogP contribution >= 0.6 is 15.9 Å². The quantitative estimate of drug-likeness (QED) is 0.931. The van der Waals surface area contributed by atoms with E-state index < -0.39 is 5.97 Å². The summed E-state index contributed by atoms with van der Waals surface area (Å²) < 4.78 is 11.9. The van der Waals surface area contributed by atoms with E-state index in [9.17, 15) is 4.79 Å². The zero-order valence-electron chi connectivity index (χ0n) is 9.46. The SMILES string of the molecule is CCc1c(CC(=O)O)c(Br)cc2c1OCCO2. The molecule has 2 rings (SSSR count). The first kappa shape index (κ1) is 12.2. The van der Waals surface area contributed by atoms with Gasteiger partial charge in [-0.05, 0) is 18.1 Å². The van der Waals surface area contributed by atoms with E-state index in [0.717, 1.165) is 15.6 Å². The lowest BCUT2D eigenvalue weighted by Gasteiger charge is -2.23. The van der Waals surface area contributed by atoms with E-state index in [4.69, 9.17) is 14.6 Å². The number of rotatable bonds is 3. The minimum atomic E-state index is -0.850. The van der Waals surface area contributed by atoms with E-state index in [2.05, 4.69) is 15.9 Å². The van der Waals surface area contributed by atoms with Crippen LogP contribution < -0.4 is 9.47 Å². The molecule has 4 nitrogen and oxygen atoms in total. The molecular weight excluding hydrogens is 288 g/mol. The van der Waals surface area contributed by atoms with Gasteiger partial charge < -0.3 is 14.6 Å². The summed E-state index contributed by atoms with van der Waals surface area (Å²) in [5, 5.41) is 8.92. The number of ether oxygens (including phenoxy) is 2. The maximum Gasteiger partial charge on any atom is 0.307 e. The highest BCUT2D eigenvalue weighted by Gasteiger charge is 2.22. The zero-order valence-corrected chi connectivity index (χ0v) is 11.0. The normalized spacial score (nSPS) is 13.5. The zero-order chi connectivity index (χ0) is 12.4. The Hall–Kier alpha value is -1.23. The molecule has 1 aliphatic rings. The monoisotopic (exact) mass is 300 g/mol. The first-order chi connectivity index (χ1) is 8.13. The van der Waals surface area contributed by atoms with Crippen LogP contribution in [0.2, 0.25) is 0 Å². The molecule has 0 atom stereocenters. The predicted molar refractivity (Wildman–Crippen MR) is 65.8 cm³/mol. The van der Waals surface area contributed by atoms with Crippen LogP contribution in [0.15, 0.2) is 10.5 Å². The molecule has 0 fully saturated rings. The van der Waals surface area contributed by atoms with Crippen LogP contribution in [0.4, 0.5) is 0 Å². The number of hydrogen-bond donors (Lipinski definition) is 1. The topological polar surface area (TPSA) is 55.8 Å².